The number of hydrogen-bond acceptors (Lipinski definition) is 5. The predicted molar refractivity (Wildman–Crippen MR) is 101 cm³/mol. The van der Waals surface area contributed by atoms with Crippen molar-refractivity contribution in [1.82, 2.24) is 20.2 Å². The smallest absolute Gasteiger partial charge is 0.325 e. The minimum Gasteiger partial charge on any atom is -0.341 e. The number of nitrogens with one attached hydrogen (secondary N) is 1. The highest BCUT2D eigenvalue weighted by molar-refractivity contribution is 6.07. The number of imide groups is 1. The van der Waals surface area contributed by atoms with E-state index < -0.39 is 5.54 Å². The van der Waals surface area contributed by atoms with Gasteiger partial charge in [-0.15, -0.1) is 0 Å². The molecule has 0 aliphatic carbocycles. The van der Waals surface area contributed by atoms with E-state index in [0.717, 1.165) is 12.8 Å². The molecule has 0 atom stereocenters. The summed E-state index contributed by atoms with van der Waals surface area (Å²) < 4.78 is 0. The average molecular weight is 365 g/mol. The van der Waals surface area contributed by atoms with Crippen LogP contribution in [0.2, 0.25) is 0 Å². The van der Waals surface area contributed by atoms with Crippen LogP contribution in [0.25, 0.3) is 0 Å². The summed E-state index contributed by atoms with van der Waals surface area (Å²) in [6.45, 7) is 1.74. The van der Waals surface area contributed by atoms with Crippen molar-refractivity contribution in [3.63, 3.8) is 0 Å². The highest BCUT2D eigenvalue weighted by Gasteiger charge is 2.52. The zero-order valence-electron chi connectivity index (χ0n) is 15.2. The Morgan fingerprint density at radius 1 is 1.00 bits per heavy atom. The number of aryl methyl sites for hydroxylation is 1. The molecule has 0 radical (unpaired) electrons. The number of piperidine rings is 1. The molecule has 140 valence electrons. The maximum absolute atomic E-state index is 13.0. The zero-order valence-corrected chi connectivity index (χ0v) is 15.2. The molecule has 3 amide bonds. The molecular formula is C20H23N5O2. The fraction of sp³-hybridized carbons (Fsp3) is 0.400. The Balaban J connectivity index is 1.35. The largest absolute Gasteiger partial charge is 0.341 e. The number of benzene rings is 1. The summed E-state index contributed by atoms with van der Waals surface area (Å²) in [4.78, 5) is 37.4. The molecule has 27 heavy (non-hydrogen) atoms. The second kappa shape index (κ2) is 7.34. The van der Waals surface area contributed by atoms with Crippen molar-refractivity contribution in [3.05, 3.63) is 54.4 Å². The van der Waals surface area contributed by atoms with Crippen LogP contribution >= 0.6 is 0 Å². The molecule has 2 aliphatic heterocycles. The van der Waals surface area contributed by atoms with Gasteiger partial charge in [0.2, 0.25) is 5.95 Å². The number of urea groups is 1. The summed E-state index contributed by atoms with van der Waals surface area (Å²) in [5.74, 6) is 0.582. The standard InChI is InChI=1S/C20H23N5O2/c26-17-20(9-14-24(15-10-20)18-21-11-5-12-22-18)23-19(27)25(17)13-4-8-16-6-2-1-3-7-16/h1-3,5-7,11-12H,4,8-10,13-15H2,(H,23,27). The van der Waals surface area contributed by atoms with Crippen molar-refractivity contribution in [2.75, 3.05) is 24.5 Å². The Kier molecular flexibility index (Phi) is 4.75. The maximum atomic E-state index is 13.0. The molecular weight excluding hydrogens is 342 g/mol. The first-order chi connectivity index (χ1) is 13.2. The van der Waals surface area contributed by atoms with Crippen LogP contribution in [0, 0.1) is 0 Å². The number of carbonyl (C=O) groups excluding carboxylic acids is 2. The van der Waals surface area contributed by atoms with Crippen LogP contribution in [0.3, 0.4) is 0 Å². The summed E-state index contributed by atoms with van der Waals surface area (Å²) in [5.41, 5.74) is 0.449. The van der Waals surface area contributed by atoms with Gasteiger partial charge >= 0.3 is 6.03 Å². The molecule has 2 saturated heterocycles. The summed E-state index contributed by atoms with van der Waals surface area (Å²) in [6.07, 6.45) is 6.19. The highest BCUT2D eigenvalue weighted by atomic mass is 16.2. The van der Waals surface area contributed by atoms with Crippen LogP contribution < -0.4 is 10.2 Å². The van der Waals surface area contributed by atoms with E-state index >= 15 is 0 Å². The van der Waals surface area contributed by atoms with Crippen LogP contribution in [0.4, 0.5) is 10.7 Å². The third kappa shape index (κ3) is 3.49. The monoisotopic (exact) mass is 365 g/mol. The van der Waals surface area contributed by atoms with Gasteiger partial charge in [0.15, 0.2) is 0 Å². The van der Waals surface area contributed by atoms with E-state index in [4.69, 9.17) is 0 Å². The van der Waals surface area contributed by atoms with Crippen LogP contribution in [0.15, 0.2) is 48.8 Å². The average Bonchev–Trinajstić information content (AvgIpc) is 2.94. The maximum Gasteiger partial charge on any atom is 0.325 e. The molecule has 0 unspecified atom stereocenters. The highest BCUT2D eigenvalue weighted by Crippen LogP contribution is 2.30. The lowest BCUT2D eigenvalue weighted by atomic mass is 9.87. The Morgan fingerprint density at radius 3 is 2.41 bits per heavy atom. The molecule has 1 spiro atoms. The molecule has 1 aromatic carbocycles. The molecule has 7 heteroatoms. The van der Waals surface area contributed by atoms with E-state index in [-0.39, 0.29) is 11.9 Å². The van der Waals surface area contributed by atoms with Crippen LogP contribution in [0.1, 0.15) is 24.8 Å². The Hall–Kier alpha value is -2.96. The number of aromatic nitrogens is 2. The van der Waals surface area contributed by atoms with Crippen molar-refractivity contribution in [2.24, 2.45) is 0 Å². The third-order valence-corrected chi connectivity index (χ3v) is 5.39. The Morgan fingerprint density at radius 2 is 1.70 bits per heavy atom. The topological polar surface area (TPSA) is 78.4 Å². The molecule has 3 heterocycles. The van der Waals surface area contributed by atoms with Crippen molar-refractivity contribution < 1.29 is 9.59 Å². The summed E-state index contributed by atoms with van der Waals surface area (Å²) in [5, 5.41) is 2.96. The van der Waals surface area contributed by atoms with Gasteiger partial charge in [0, 0.05) is 32.0 Å². The minimum atomic E-state index is -0.769. The second-order valence-corrected chi connectivity index (χ2v) is 7.09. The van der Waals surface area contributed by atoms with Gasteiger partial charge in [-0.3, -0.25) is 9.69 Å². The quantitative estimate of drug-likeness (QED) is 0.820. The Bertz CT molecular complexity index is 804. The summed E-state index contributed by atoms with van der Waals surface area (Å²) in [7, 11) is 0. The van der Waals surface area contributed by atoms with E-state index in [1.807, 2.05) is 18.2 Å². The van der Waals surface area contributed by atoms with E-state index in [0.29, 0.717) is 38.4 Å². The van der Waals surface area contributed by atoms with Gasteiger partial charge in [-0.25, -0.2) is 14.8 Å². The molecule has 0 bridgehead atoms. The number of hydrogen-bond donors (Lipinski definition) is 1. The SMILES string of the molecule is O=C1NC2(CCN(c3ncccn3)CC2)C(=O)N1CCCc1ccccc1. The van der Waals surface area contributed by atoms with Crippen molar-refractivity contribution in [2.45, 2.75) is 31.2 Å². The molecule has 2 aromatic rings. The molecule has 1 N–H and O–H groups in total. The molecule has 4 rings (SSSR count). The van der Waals surface area contributed by atoms with Gasteiger partial charge in [-0.05, 0) is 37.3 Å². The van der Waals surface area contributed by atoms with Crippen LogP contribution in [-0.2, 0) is 11.2 Å². The van der Waals surface area contributed by atoms with Crippen LogP contribution in [-0.4, -0.2) is 52.0 Å². The van der Waals surface area contributed by atoms with Crippen LogP contribution in [0.5, 0.6) is 0 Å². The molecule has 2 aliphatic rings. The fourth-order valence-electron chi connectivity index (χ4n) is 3.85. The molecule has 0 saturated carbocycles. The molecule has 1 aromatic heterocycles. The third-order valence-electron chi connectivity index (χ3n) is 5.39. The van der Waals surface area contributed by atoms with Gasteiger partial charge in [0.05, 0.1) is 0 Å². The minimum absolute atomic E-state index is 0.0887. The summed E-state index contributed by atoms with van der Waals surface area (Å²) in [6, 6.07) is 11.6. The van der Waals surface area contributed by atoms with Gasteiger partial charge in [0.25, 0.3) is 5.91 Å². The van der Waals surface area contributed by atoms with Crippen molar-refractivity contribution >= 4 is 17.9 Å². The lowest BCUT2D eigenvalue weighted by Gasteiger charge is -2.37. The number of amides is 3. The van der Waals surface area contributed by atoms with E-state index in [9.17, 15) is 9.59 Å². The summed E-state index contributed by atoms with van der Waals surface area (Å²) >= 11 is 0. The Labute approximate surface area is 158 Å². The first-order valence-electron chi connectivity index (χ1n) is 9.38. The van der Waals surface area contributed by atoms with E-state index in [2.05, 4.69) is 32.3 Å². The molecule has 2 fully saturated rings. The second-order valence-electron chi connectivity index (χ2n) is 7.09. The number of carbonyl (C=O) groups is 2. The van der Waals surface area contributed by atoms with Gasteiger partial charge in [0.1, 0.15) is 5.54 Å². The first-order valence-corrected chi connectivity index (χ1v) is 9.38. The first kappa shape index (κ1) is 17.5. The predicted octanol–water partition coefficient (Wildman–Crippen LogP) is 2.00. The molecule has 7 nitrogen and oxygen atoms in total. The lowest BCUT2D eigenvalue weighted by Crippen LogP contribution is -2.55. The van der Waals surface area contributed by atoms with E-state index in [1.54, 1.807) is 18.5 Å². The van der Waals surface area contributed by atoms with Crippen molar-refractivity contribution in [1.29, 1.82) is 0 Å². The van der Waals surface area contributed by atoms with Gasteiger partial charge < -0.3 is 10.2 Å². The van der Waals surface area contributed by atoms with E-state index in [1.165, 1.54) is 10.5 Å². The number of rotatable bonds is 5. The normalized spacial score (nSPS) is 18.8. The van der Waals surface area contributed by atoms with Crippen molar-refractivity contribution in [3.8, 4) is 0 Å². The fourth-order valence-corrected chi connectivity index (χ4v) is 3.85. The number of anilines is 1. The van der Waals surface area contributed by atoms with Gasteiger partial charge in [-0.2, -0.15) is 0 Å². The van der Waals surface area contributed by atoms with Gasteiger partial charge in [-0.1, -0.05) is 30.3 Å². The zero-order chi connectivity index (χ0) is 18.7. The lowest BCUT2D eigenvalue weighted by molar-refractivity contribution is -0.132. The number of nitrogens with zero attached hydrogens (tertiary/aromatic N) is 4.